The van der Waals surface area contributed by atoms with Gasteiger partial charge in [-0.05, 0) is 37.5 Å². The van der Waals surface area contributed by atoms with Crippen LogP contribution in [0.25, 0.3) is 0 Å². The van der Waals surface area contributed by atoms with Crippen molar-refractivity contribution in [3.8, 4) is 11.8 Å². The largest absolute Gasteiger partial charge is 0.384 e. The Labute approximate surface area is 130 Å². The van der Waals surface area contributed by atoms with E-state index in [-0.39, 0.29) is 13.0 Å². The number of benzene rings is 1. The van der Waals surface area contributed by atoms with Crippen molar-refractivity contribution in [2.45, 2.75) is 24.5 Å². The summed E-state index contributed by atoms with van der Waals surface area (Å²) in [4.78, 5) is 11.7. The Kier molecular flexibility index (Phi) is 6.11. The molecule has 0 saturated heterocycles. The summed E-state index contributed by atoms with van der Waals surface area (Å²) in [5.41, 5.74) is 3.00. The Hall–Kier alpha value is -1.88. The molecule has 1 aromatic rings. The van der Waals surface area contributed by atoms with Crippen molar-refractivity contribution < 1.29 is 23.5 Å². The van der Waals surface area contributed by atoms with Crippen LogP contribution in [0.2, 0.25) is 0 Å². The molecule has 0 spiro atoms. The third kappa shape index (κ3) is 4.31. The van der Waals surface area contributed by atoms with Crippen LogP contribution in [0, 0.1) is 11.8 Å². The van der Waals surface area contributed by atoms with Gasteiger partial charge in [0.15, 0.2) is 9.84 Å². The number of carbonyl (C=O) groups excluding carboxylic acids is 1. The van der Waals surface area contributed by atoms with Gasteiger partial charge in [0.05, 0.1) is 0 Å². The summed E-state index contributed by atoms with van der Waals surface area (Å²) in [6.07, 6.45) is 1.36. The maximum Gasteiger partial charge on any atom is 0.264 e. The molecule has 1 rings (SSSR count). The molecule has 0 aliphatic rings. The van der Waals surface area contributed by atoms with Gasteiger partial charge in [-0.1, -0.05) is 24.0 Å². The molecule has 120 valence electrons. The summed E-state index contributed by atoms with van der Waals surface area (Å²) in [6.45, 7) is 1.07. The van der Waals surface area contributed by atoms with E-state index in [4.69, 9.17) is 10.3 Å². The first-order valence-corrected chi connectivity index (χ1v) is 8.46. The molecule has 1 amide bonds. The first-order chi connectivity index (χ1) is 10.2. The van der Waals surface area contributed by atoms with Gasteiger partial charge >= 0.3 is 0 Å². The second-order valence-corrected chi connectivity index (χ2v) is 7.55. The molecule has 0 aromatic heterocycles. The Morgan fingerprint density at radius 1 is 1.32 bits per heavy atom. The van der Waals surface area contributed by atoms with Crippen molar-refractivity contribution in [1.82, 2.24) is 5.48 Å². The molecule has 1 aromatic carbocycles. The van der Waals surface area contributed by atoms with Gasteiger partial charge in [-0.3, -0.25) is 10.0 Å². The molecule has 0 aliphatic carbocycles. The molecule has 1 unspecified atom stereocenters. The van der Waals surface area contributed by atoms with E-state index in [0.717, 1.165) is 17.4 Å². The normalized spacial score (nSPS) is 13.6. The molecular weight excluding hydrogens is 306 g/mol. The topological polar surface area (TPSA) is 104 Å². The predicted octanol–water partition coefficient (Wildman–Crippen LogP) is 0.272. The van der Waals surface area contributed by atoms with Crippen LogP contribution < -0.4 is 5.48 Å². The Bertz CT molecular complexity index is 685. The van der Waals surface area contributed by atoms with Crippen molar-refractivity contribution in [1.29, 1.82) is 0 Å². The number of hydrogen-bond acceptors (Lipinski definition) is 5. The van der Waals surface area contributed by atoms with E-state index in [9.17, 15) is 13.2 Å². The molecule has 0 fully saturated rings. The fraction of sp³-hybridized carbons (Fsp3) is 0.400. The van der Waals surface area contributed by atoms with Crippen LogP contribution in [0.5, 0.6) is 0 Å². The zero-order valence-corrected chi connectivity index (χ0v) is 13.3. The molecule has 0 aliphatic heterocycles. The van der Waals surface area contributed by atoms with E-state index in [1.807, 2.05) is 0 Å². The number of carbonyl (C=O) groups is 1. The van der Waals surface area contributed by atoms with Crippen LogP contribution in [-0.2, 0) is 21.1 Å². The summed E-state index contributed by atoms with van der Waals surface area (Å²) < 4.78 is 22.0. The van der Waals surface area contributed by atoms with Gasteiger partial charge in [-0.2, -0.15) is 0 Å². The minimum absolute atomic E-state index is 0.0416. The molecule has 0 heterocycles. The molecule has 6 nitrogen and oxygen atoms in total. The molecule has 3 N–H and O–H groups in total. The smallest absolute Gasteiger partial charge is 0.264 e. The maximum absolute atomic E-state index is 11.8. The minimum Gasteiger partial charge on any atom is -0.384 e. The third-order valence-electron chi connectivity index (χ3n) is 3.56. The van der Waals surface area contributed by atoms with Gasteiger partial charge in [-0.15, -0.1) is 0 Å². The average Bonchev–Trinajstić information content (AvgIpc) is 2.49. The van der Waals surface area contributed by atoms with Crippen LogP contribution in [-0.4, -0.2) is 42.2 Å². The Morgan fingerprint density at radius 2 is 1.91 bits per heavy atom. The number of nitrogens with one attached hydrogen (secondary N) is 1. The summed E-state index contributed by atoms with van der Waals surface area (Å²) in [5.74, 6) is 4.34. The van der Waals surface area contributed by atoms with Crippen LogP contribution >= 0.6 is 0 Å². The minimum atomic E-state index is -3.69. The second-order valence-electron chi connectivity index (χ2n) is 5.10. The lowest BCUT2D eigenvalue weighted by molar-refractivity contribution is -0.131. The van der Waals surface area contributed by atoms with Gasteiger partial charge in [0, 0.05) is 11.8 Å². The molecule has 0 saturated carbocycles. The monoisotopic (exact) mass is 325 g/mol. The van der Waals surface area contributed by atoms with Gasteiger partial charge < -0.3 is 5.11 Å². The second kappa shape index (κ2) is 7.40. The molecule has 22 heavy (non-hydrogen) atoms. The van der Waals surface area contributed by atoms with E-state index < -0.39 is 20.5 Å². The van der Waals surface area contributed by atoms with Crippen molar-refractivity contribution >= 4 is 15.7 Å². The number of hydrogen-bond donors (Lipinski definition) is 3. The van der Waals surface area contributed by atoms with Gasteiger partial charge in [0.25, 0.3) is 5.91 Å². The quantitative estimate of drug-likeness (QED) is 0.410. The summed E-state index contributed by atoms with van der Waals surface area (Å²) in [5, 5.41) is 17.4. The lowest BCUT2D eigenvalue weighted by atomic mass is 9.99. The van der Waals surface area contributed by atoms with Gasteiger partial charge in [0.1, 0.15) is 11.4 Å². The van der Waals surface area contributed by atoms with Crippen LogP contribution in [0.3, 0.4) is 0 Å². The summed E-state index contributed by atoms with van der Waals surface area (Å²) in [6, 6.07) is 7.06. The number of hydroxylamine groups is 1. The number of rotatable bonds is 5. The first kappa shape index (κ1) is 18.2. The van der Waals surface area contributed by atoms with E-state index in [1.54, 1.807) is 24.3 Å². The van der Waals surface area contributed by atoms with Crippen LogP contribution in [0.15, 0.2) is 24.3 Å². The van der Waals surface area contributed by atoms with Gasteiger partial charge in [-0.25, -0.2) is 13.9 Å². The van der Waals surface area contributed by atoms with Crippen LogP contribution in [0.1, 0.15) is 24.5 Å². The maximum atomic E-state index is 11.8. The zero-order valence-electron chi connectivity index (χ0n) is 12.5. The highest BCUT2D eigenvalue weighted by Gasteiger charge is 2.42. The lowest BCUT2D eigenvalue weighted by Gasteiger charge is -2.25. The standard InChI is InChI=1S/C15H19NO5S/c1-15(14(18)16-19,22(2,20)21)10-9-13-7-5-12(6-8-13)4-3-11-17/h5-8,17,19H,9-11H2,1-2H3,(H,16,18). The van der Waals surface area contributed by atoms with E-state index in [2.05, 4.69) is 11.8 Å². The highest BCUT2D eigenvalue weighted by molar-refractivity contribution is 7.92. The molecule has 1 atom stereocenters. The molecule has 0 radical (unpaired) electrons. The SMILES string of the molecule is CC(CCc1ccc(C#CCO)cc1)(C(=O)NO)S(C)(=O)=O. The van der Waals surface area contributed by atoms with Crippen molar-refractivity contribution in [3.05, 3.63) is 35.4 Å². The van der Waals surface area contributed by atoms with Crippen molar-refractivity contribution in [3.63, 3.8) is 0 Å². The number of aliphatic hydroxyl groups is 1. The van der Waals surface area contributed by atoms with E-state index in [1.165, 1.54) is 12.4 Å². The Balaban J connectivity index is 2.88. The van der Waals surface area contributed by atoms with Crippen molar-refractivity contribution in [2.24, 2.45) is 0 Å². The van der Waals surface area contributed by atoms with Crippen LogP contribution in [0.4, 0.5) is 0 Å². The highest BCUT2D eigenvalue weighted by Crippen LogP contribution is 2.23. The first-order valence-electron chi connectivity index (χ1n) is 6.57. The van der Waals surface area contributed by atoms with Crippen molar-refractivity contribution in [2.75, 3.05) is 12.9 Å². The average molecular weight is 325 g/mol. The highest BCUT2D eigenvalue weighted by atomic mass is 32.2. The van der Waals surface area contributed by atoms with E-state index >= 15 is 0 Å². The number of aryl methyl sites for hydroxylation is 1. The molecule has 7 heteroatoms. The lowest BCUT2D eigenvalue weighted by Crippen LogP contribution is -2.49. The molecule has 0 bridgehead atoms. The fourth-order valence-electron chi connectivity index (χ4n) is 1.86. The third-order valence-corrected chi connectivity index (χ3v) is 5.58. The van der Waals surface area contributed by atoms with E-state index in [0.29, 0.717) is 6.42 Å². The number of aliphatic hydroxyl groups excluding tert-OH is 1. The summed E-state index contributed by atoms with van der Waals surface area (Å²) >= 11 is 0. The number of amides is 1. The Morgan fingerprint density at radius 3 is 2.36 bits per heavy atom. The van der Waals surface area contributed by atoms with Gasteiger partial charge in [0.2, 0.25) is 0 Å². The predicted molar refractivity (Wildman–Crippen MR) is 81.9 cm³/mol. The summed E-state index contributed by atoms with van der Waals surface area (Å²) in [7, 11) is -3.69. The number of sulfone groups is 1. The zero-order chi connectivity index (χ0) is 16.8. The fourth-order valence-corrected chi connectivity index (χ4v) is 2.72. The molecular formula is C15H19NO5S.